The molecule has 0 radical (unpaired) electrons. The predicted molar refractivity (Wildman–Crippen MR) is 86.1 cm³/mol. The molecule has 0 saturated heterocycles. The van der Waals surface area contributed by atoms with Crippen LogP contribution in [0.5, 0.6) is 5.75 Å². The van der Waals surface area contributed by atoms with Crippen LogP contribution >= 0.6 is 0 Å². The summed E-state index contributed by atoms with van der Waals surface area (Å²) in [6, 6.07) is 12.1. The molecule has 1 amide bonds. The van der Waals surface area contributed by atoms with Crippen LogP contribution < -0.4 is 5.32 Å². The van der Waals surface area contributed by atoms with Crippen molar-refractivity contribution in [2.75, 3.05) is 6.61 Å². The van der Waals surface area contributed by atoms with Crippen LogP contribution in [0.3, 0.4) is 0 Å². The maximum atomic E-state index is 12.3. The molecule has 4 heteroatoms. The summed E-state index contributed by atoms with van der Waals surface area (Å²) >= 11 is 0. The third-order valence-electron chi connectivity index (χ3n) is 3.46. The Morgan fingerprint density at radius 3 is 2.23 bits per heavy atom. The third kappa shape index (κ3) is 4.33. The second-order valence-electron chi connectivity index (χ2n) is 5.60. The van der Waals surface area contributed by atoms with Gasteiger partial charge in [-0.1, -0.05) is 29.3 Å². The van der Waals surface area contributed by atoms with Crippen LogP contribution in [0, 0.1) is 13.8 Å². The Balaban J connectivity index is 2.05. The molecule has 2 rings (SSSR count). The van der Waals surface area contributed by atoms with Crippen LogP contribution in [-0.2, 0) is 6.42 Å². The van der Waals surface area contributed by atoms with E-state index >= 15 is 0 Å². The molecular formula is C18H21NO3. The normalized spacial score (nSPS) is 12.0. The van der Waals surface area contributed by atoms with Gasteiger partial charge in [-0.25, -0.2) is 0 Å². The highest BCUT2D eigenvalue weighted by Gasteiger charge is 2.14. The number of hydrogen-bond donors (Lipinski definition) is 3. The number of amides is 1. The monoisotopic (exact) mass is 299 g/mol. The number of aryl methyl sites for hydroxylation is 2. The molecular weight excluding hydrogens is 278 g/mol. The standard InChI is InChI=1S/C18H21NO3/c1-12-7-13(2)9-15(8-12)18(22)19-16(11-20)10-14-3-5-17(21)6-4-14/h3-9,16,20-21H,10-11H2,1-2H3,(H,19,22)/t16-/m0/s1. The summed E-state index contributed by atoms with van der Waals surface area (Å²) in [6.07, 6.45) is 0.507. The van der Waals surface area contributed by atoms with Crippen LogP contribution in [0.15, 0.2) is 42.5 Å². The molecule has 0 saturated carbocycles. The molecule has 0 heterocycles. The number of carbonyl (C=O) groups is 1. The van der Waals surface area contributed by atoms with Gasteiger partial charge in [0, 0.05) is 5.56 Å². The van der Waals surface area contributed by atoms with Crippen molar-refractivity contribution in [1.82, 2.24) is 5.32 Å². The largest absolute Gasteiger partial charge is 0.508 e. The van der Waals surface area contributed by atoms with Crippen LogP contribution in [0.25, 0.3) is 0 Å². The molecule has 116 valence electrons. The second kappa shape index (κ2) is 7.09. The summed E-state index contributed by atoms with van der Waals surface area (Å²) in [6.45, 7) is 3.75. The molecule has 2 aromatic carbocycles. The zero-order chi connectivity index (χ0) is 16.1. The molecule has 22 heavy (non-hydrogen) atoms. The molecule has 0 fully saturated rings. The maximum absolute atomic E-state index is 12.3. The average molecular weight is 299 g/mol. The van der Waals surface area contributed by atoms with Gasteiger partial charge in [0.2, 0.25) is 0 Å². The molecule has 0 bridgehead atoms. The summed E-state index contributed by atoms with van der Waals surface area (Å²) in [5.41, 5.74) is 3.60. The summed E-state index contributed by atoms with van der Waals surface area (Å²) in [5.74, 6) is 0.00759. The second-order valence-corrected chi connectivity index (χ2v) is 5.60. The van der Waals surface area contributed by atoms with E-state index in [0.29, 0.717) is 12.0 Å². The summed E-state index contributed by atoms with van der Waals surface area (Å²) in [7, 11) is 0. The number of aliphatic hydroxyl groups excluding tert-OH is 1. The zero-order valence-electron chi connectivity index (χ0n) is 12.8. The van der Waals surface area contributed by atoms with E-state index in [1.807, 2.05) is 32.0 Å². The highest BCUT2D eigenvalue weighted by atomic mass is 16.3. The Kier molecular flexibility index (Phi) is 5.17. The number of benzene rings is 2. The molecule has 0 aliphatic carbocycles. The fourth-order valence-corrected chi connectivity index (χ4v) is 2.45. The van der Waals surface area contributed by atoms with Crippen LogP contribution in [0.4, 0.5) is 0 Å². The molecule has 3 N–H and O–H groups in total. The van der Waals surface area contributed by atoms with E-state index in [-0.39, 0.29) is 24.3 Å². The van der Waals surface area contributed by atoms with Crippen LogP contribution in [0.1, 0.15) is 27.0 Å². The Labute approximate surface area is 130 Å². The molecule has 0 aliphatic heterocycles. The maximum Gasteiger partial charge on any atom is 0.251 e. The lowest BCUT2D eigenvalue weighted by molar-refractivity contribution is 0.0916. The van der Waals surface area contributed by atoms with E-state index < -0.39 is 0 Å². The van der Waals surface area contributed by atoms with E-state index in [0.717, 1.165) is 16.7 Å². The van der Waals surface area contributed by atoms with Gasteiger partial charge in [-0.2, -0.15) is 0 Å². The number of aromatic hydroxyl groups is 1. The molecule has 0 aromatic heterocycles. The Morgan fingerprint density at radius 1 is 1.09 bits per heavy atom. The summed E-state index contributed by atoms with van der Waals surface area (Å²) in [4.78, 5) is 12.3. The first kappa shape index (κ1) is 16.0. The minimum absolute atomic E-state index is 0.141. The summed E-state index contributed by atoms with van der Waals surface area (Å²) in [5, 5.41) is 21.6. The van der Waals surface area contributed by atoms with Crippen molar-refractivity contribution in [2.45, 2.75) is 26.3 Å². The Hall–Kier alpha value is -2.33. The molecule has 1 atom stereocenters. The smallest absolute Gasteiger partial charge is 0.251 e. The third-order valence-corrected chi connectivity index (χ3v) is 3.46. The SMILES string of the molecule is Cc1cc(C)cc(C(=O)N[C@H](CO)Cc2ccc(O)cc2)c1. The lowest BCUT2D eigenvalue weighted by atomic mass is 10.0. The van der Waals surface area contributed by atoms with Gasteiger partial charge in [0.1, 0.15) is 5.75 Å². The molecule has 2 aromatic rings. The van der Waals surface area contributed by atoms with Gasteiger partial charge in [-0.15, -0.1) is 0 Å². The topological polar surface area (TPSA) is 69.6 Å². The summed E-state index contributed by atoms with van der Waals surface area (Å²) < 4.78 is 0. The zero-order valence-corrected chi connectivity index (χ0v) is 12.8. The van der Waals surface area contributed by atoms with Gasteiger partial charge in [0.15, 0.2) is 0 Å². The Morgan fingerprint density at radius 2 is 1.68 bits per heavy atom. The number of phenolic OH excluding ortho intramolecular Hbond substituents is 1. The molecule has 4 nitrogen and oxygen atoms in total. The highest BCUT2D eigenvalue weighted by molar-refractivity contribution is 5.94. The number of carbonyl (C=O) groups excluding carboxylic acids is 1. The van der Waals surface area contributed by atoms with Gasteiger partial charge in [-0.3, -0.25) is 4.79 Å². The lowest BCUT2D eigenvalue weighted by Crippen LogP contribution is -2.39. The predicted octanol–water partition coefficient (Wildman–Crippen LogP) is 2.34. The van der Waals surface area contributed by atoms with E-state index in [4.69, 9.17) is 0 Å². The fraction of sp³-hybridized carbons (Fsp3) is 0.278. The number of aliphatic hydroxyl groups is 1. The molecule has 0 aliphatic rings. The van der Waals surface area contributed by atoms with Crippen molar-refractivity contribution in [3.63, 3.8) is 0 Å². The number of rotatable bonds is 5. The van der Waals surface area contributed by atoms with Gasteiger partial charge >= 0.3 is 0 Å². The first-order chi connectivity index (χ1) is 10.5. The van der Waals surface area contributed by atoms with Gasteiger partial charge in [0.25, 0.3) is 5.91 Å². The van der Waals surface area contributed by atoms with Crippen LogP contribution in [-0.4, -0.2) is 28.8 Å². The minimum atomic E-state index is -0.363. The minimum Gasteiger partial charge on any atom is -0.508 e. The van der Waals surface area contributed by atoms with Gasteiger partial charge in [-0.05, 0) is 50.1 Å². The molecule has 0 unspecified atom stereocenters. The Bertz CT molecular complexity index is 630. The number of hydrogen-bond acceptors (Lipinski definition) is 3. The number of phenols is 1. The first-order valence-electron chi connectivity index (χ1n) is 7.26. The van der Waals surface area contributed by atoms with Crippen molar-refractivity contribution in [2.24, 2.45) is 0 Å². The van der Waals surface area contributed by atoms with Crippen molar-refractivity contribution in [1.29, 1.82) is 0 Å². The van der Waals surface area contributed by atoms with Gasteiger partial charge in [0.05, 0.1) is 12.6 Å². The van der Waals surface area contributed by atoms with E-state index in [1.165, 1.54) is 0 Å². The fourth-order valence-electron chi connectivity index (χ4n) is 2.45. The van der Waals surface area contributed by atoms with E-state index in [2.05, 4.69) is 5.32 Å². The van der Waals surface area contributed by atoms with Gasteiger partial charge < -0.3 is 15.5 Å². The lowest BCUT2D eigenvalue weighted by Gasteiger charge is -2.17. The van der Waals surface area contributed by atoms with Crippen LogP contribution in [0.2, 0.25) is 0 Å². The first-order valence-corrected chi connectivity index (χ1v) is 7.26. The molecule has 0 spiro atoms. The highest BCUT2D eigenvalue weighted by Crippen LogP contribution is 2.12. The van der Waals surface area contributed by atoms with Crippen molar-refractivity contribution in [3.05, 3.63) is 64.7 Å². The quantitative estimate of drug-likeness (QED) is 0.793. The van der Waals surface area contributed by atoms with E-state index in [1.54, 1.807) is 24.3 Å². The van der Waals surface area contributed by atoms with Crippen molar-refractivity contribution < 1.29 is 15.0 Å². The number of nitrogens with one attached hydrogen (secondary N) is 1. The van der Waals surface area contributed by atoms with E-state index in [9.17, 15) is 15.0 Å². The van der Waals surface area contributed by atoms with Crippen molar-refractivity contribution in [3.8, 4) is 5.75 Å². The average Bonchev–Trinajstić information content (AvgIpc) is 2.47. The van der Waals surface area contributed by atoms with Crippen molar-refractivity contribution >= 4 is 5.91 Å².